The molecule has 2 rings (SSSR count). The zero-order valence-corrected chi connectivity index (χ0v) is 11.2. The number of halogens is 1. The van der Waals surface area contributed by atoms with Crippen molar-refractivity contribution in [1.82, 2.24) is 15.1 Å². The maximum Gasteiger partial charge on any atom is 0.124 e. The smallest absolute Gasteiger partial charge is 0.124 e. The van der Waals surface area contributed by atoms with Gasteiger partial charge in [0.2, 0.25) is 0 Å². The summed E-state index contributed by atoms with van der Waals surface area (Å²) in [5.41, 5.74) is 1.00. The maximum atomic E-state index is 13.1. The van der Waals surface area contributed by atoms with Gasteiger partial charge in [-0.3, -0.25) is 4.68 Å². The van der Waals surface area contributed by atoms with Gasteiger partial charge < -0.3 is 5.32 Å². The number of nitrogens with one attached hydrogen (secondary N) is 1. The van der Waals surface area contributed by atoms with Gasteiger partial charge in [0.25, 0.3) is 0 Å². The Morgan fingerprint density at radius 3 is 2.89 bits per heavy atom. The highest BCUT2D eigenvalue weighted by Gasteiger charge is 2.12. The number of aromatic nitrogens is 2. The van der Waals surface area contributed by atoms with Gasteiger partial charge in [0.05, 0.1) is 11.7 Å². The van der Waals surface area contributed by atoms with Crippen molar-refractivity contribution >= 4 is 11.8 Å². The molecule has 1 unspecified atom stereocenters. The van der Waals surface area contributed by atoms with Crippen molar-refractivity contribution in [2.24, 2.45) is 7.05 Å². The van der Waals surface area contributed by atoms with Crippen molar-refractivity contribution in [2.75, 3.05) is 12.8 Å². The Kier molecular flexibility index (Phi) is 4.38. The second kappa shape index (κ2) is 6.02. The van der Waals surface area contributed by atoms with Crippen LogP contribution in [0.15, 0.2) is 41.4 Å². The summed E-state index contributed by atoms with van der Waals surface area (Å²) in [6, 6.07) is 8.81. The fourth-order valence-electron chi connectivity index (χ4n) is 1.67. The van der Waals surface area contributed by atoms with Crippen molar-refractivity contribution < 1.29 is 4.39 Å². The first-order chi connectivity index (χ1) is 8.69. The molecule has 0 aliphatic heterocycles. The van der Waals surface area contributed by atoms with Crippen LogP contribution in [-0.4, -0.2) is 22.6 Å². The van der Waals surface area contributed by atoms with E-state index < -0.39 is 0 Å². The second-order valence-electron chi connectivity index (χ2n) is 4.02. The molecule has 0 fully saturated rings. The predicted molar refractivity (Wildman–Crippen MR) is 72.1 cm³/mol. The Hall–Kier alpha value is -1.33. The molecule has 0 radical (unpaired) electrons. The van der Waals surface area contributed by atoms with E-state index in [-0.39, 0.29) is 11.9 Å². The number of hydrogen-bond acceptors (Lipinski definition) is 3. The molecule has 3 nitrogen and oxygen atoms in total. The first-order valence-corrected chi connectivity index (χ1v) is 6.73. The molecule has 96 valence electrons. The van der Waals surface area contributed by atoms with Crippen LogP contribution in [0.1, 0.15) is 11.7 Å². The lowest BCUT2D eigenvalue weighted by Gasteiger charge is -2.13. The van der Waals surface area contributed by atoms with Gasteiger partial charge in [-0.25, -0.2) is 4.39 Å². The average Bonchev–Trinajstić information content (AvgIpc) is 2.77. The Bertz CT molecular complexity index is 512. The molecule has 0 aliphatic carbocycles. The molecule has 18 heavy (non-hydrogen) atoms. The molecule has 0 saturated carbocycles. The van der Waals surface area contributed by atoms with E-state index in [1.54, 1.807) is 28.6 Å². The third-order valence-corrected chi connectivity index (χ3v) is 3.74. The molecule has 2 aromatic rings. The zero-order valence-electron chi connectivity index (χ0n) is 10.4. The van der Waals surface area contributed by atoms with Gasteiger partial charge in [0.1, 0.15) is 5.82 Å². The predicted octanol–water partition coefficient (Wildman–Crippen LogP) is 2.61. The van der Waals surface area contributed by atoms with E-state index >= 15 is 0 Å². The van der Waals surface area contributed by atoms with Crippen LogP contribution in [0.25, 0.3) is 0 Å². The summed E-state index contributed by atoms with van der Waals surface area (Å²) in [7, 11) is 3.81. The van der Waals surface area contributed by atoms with Crippen LogP contribution in [-0.2, 0) is 7.05 Å². The van der Waals surface area contributed by atoms with E-state index in [9.17, 15) is 4.39 Å². The topological polar surface area (TPSA) is 29.9 Å². The van der Waals surface area contributed by atoms with Crippen LogP contribution in [0, 0.1) is 5.82 Å². The molecular formula is C13H16FN3S. The molecule has 1 atom stereocenters. The van der Waals surface area contributed by atoms with Gasteiger partial charge in [-0.2, -0.15) is 5.10 Å². The number of rotatable bonds is 5. The molecule has 1 heterocycles. The lowest BCUT2D eigenvalue weighted by atomic mass is 10.2. The Labute approximate surface area is 110 Å². The van der Waals surface area contributed by atoms with Gasteiger partial charge >= 0.3 is 0 Å². The first kappa shape index (κ1) is 13.1. The van der Waals surface area contributed by atoms with E-state index in [0.717, 1.165) is 16.3 Å². The minimum atomic E-state index is -0.196. The molecule has 0 amide bonds. The lowest BCUT2D eigenvalue weighted by molar-refractivity contribution is 0.617. The van der Waals surface area contributed by atoms with Crippen LogP contribution in [0.5, 0.6) is 0 Å². The summed E-state index contributed by atoms with van der Waals surface area (Å²) in [5.74, 6) is 0.621. The summed E-state index contributed by atoms with van der Waals surface area (Å²) in [4.78, 5) is 0.936. The van der Waals surface area contributed by atoms with Crippen molar-refractivity contribution in [2.45, 2.75) is 10.9 Å². The standard InChI is InChI=1S/C13H16FN3S/c1-15-13(12-6-7-17(2)16-12)9-18-11-5-3-4-10(14)8-11/h3-8,13,15H,9H2,1-2H3. The Morgan fingerprint density at radius 1 is 1.44 bits per heavy atom. The van der Waals surface area contributed by atoms with E-state index in [4.69, 9.17) is 0 Å². The average molecular weight is 265 g/mol. The first-order valence-electron chi connectivity index (χ1n) is 5.74. The molecule has 0 bridgehead atoms. The number of aryl methyl sites for hydroxylation is 1. The van der Waals surface area contributed by atoms with Crippen molar-refractivity contribution in [1.29, 1.82) is 0 Å². The second-order valence-corrected chi connectivity index (χ2v) is 5.12. The van der Waals surface area contributed by atoms with Crippen LogP contribution >= 0.6 is 11.8 Å². The van der Waals surface area contributed by atoms with E-state index in [1.807, 2.05) is 32.4 Å². The fraction of sp³-hybridized carbons (Fsp3) is 0.308. The van der Waals surface area contributed by atoms with Gasteiger partial charge in [0.15, 0.2) is 0 Å². The molecular weight excluding hydrogens is 249 g/mol. The molecule has 5 heteroatoms. The highest BCUT2D eigenvalue weighted by Crippen LogP contribution is 2.24. The molecule has 0 saturated heterocycles. The zero-order chi connectivity index (χ0) is 13.0. The quantitative estimate of drug-likeness (QED) is 0.843. The minimum Gasteiger partial charge on any atom is -0.311 e. The molecule has 1 N–H and O–H groups in total. The van der Waals surface area contributed by atoms with Crippen LogP contribution in [0.3, 0.4) is 0 Å². The summed E-state index contributed by atoms with van der Waals surface area (Å²) in [6.45, 7) is 0. The normalized spacial score (nSPS) is 12.6. The Morgan fingerprint density at radius 2 is 2.28 bits per heavy atom. The van der Waals surface area contributed by atoms with Crippen LogP contribution in [0.4, 0.5) is 4.39 Å². The third kappa shape index (κ3) is 3.34. The summed E-state index contributed by atoms with van der Waals surface area (Å²) < 4.78 is 14.8. The maximum absolute atomic E-state index is 13.1. The van der Waals surface area contributed by atoms with Crippen molar-refractivity contribution in [3.8, 4) is 0 Å². The number of nitrogens with zero attached hydrogens (tertiary/aromatic N) is 2. The van der Waals surface area contributed by atoms with Crippen molar-refractivity contribution in [3.05, 3.63) is 48.0 Å². The van der Waals surface area contributed by atoms with Crippen LogP contribution in [0.2, 0.25) is 0 Å². The summed E-state index contributed by atoms with van der Waals surface area (Å²) in [6.07, 6.45) is 1.92. The monoisotopic (exact) mass is 265 g/mol. The number of hydrogen-bond donors (Lipinski definition) is 1. The van der Waals surface area contributed by atoms with Gasteiger partial charge in [-0.15, -0.1) is 11.8 Å². The number of thioether (sulfide) groups is 1. The lowest BCUT2D eigenvalue weighted by Crippen LogP contribution is -2.19. The Balaban J connectivity index is 1.99. The molecule has 0 aliphatic rings. The van der Waals surface area contributed by atoms with E-state index in [2.05, 4.69) is 10.4 Å². The van der Waals surface area contributed by atoms with E-state index in [1.165, 1.54) is 6.07 Å². The number of benzene rings is 1. The highest BCUT2D eigenvalue weighted by atomic mass is 32.2. The van der Waals surface area contributed by atoms with Gasteiger partial charge in [-0.05, 0) is 31.3 Å². The van der Waals surface area contributed by atoms with Gasteiger partial charge in [0, 0.05) is 23.9 Å². The van der Waals surface area contributed by atoms with Crippen LogP contribution < -0.4 is 5.32 Å². The SMILES string of the molecule is CNC(CSc1cccc(F)c1)c1ccn(C)n1. The minimum absolute atomic E-state index is 0.166. The third-order valence-electron chi connectivity index (χ3n) is 2.65. The molecule has 1 aromatic carbocycles. The summed E-state index contributed by atoms with van der Waals surface area (Å²) >= 11 is 1.62. The fourth-order valence-corrected chi connectivity index (χ4v) is 2.74. The summed E-state index contributed by atoms with van der Waals surface area (Å²) in [5, 5.41) is 7.60. The molecule has 0 spiro atoms. The highest BCUT2D eigenvalue weighted by molar-refractivity contribution is 7.99. The van der Waals surface area contributed by atoms with E-state index in [0.29, 0.717) is 0 Å². The largest absolute Gasteiger partial charge is 0.311 e. The van der Waals surface area contributed by atoms with Gasteiger partial charge in [-0.1, -0.05) is 6.07 Å². The molecule has 1 aromatic heterocycles. The van der Waals surface area contributed by atoms with Crippen molar-refractivity contribution in [3.63, 3.8) is 0 Å².